The van der Waals surface area contributed by atoms with Crippen LogP contribution in [0.4, 0.5) is 0 Å². The molecule has 4 heterocycles. The van der Waals surface area contributed by atoms with Gasteiger partial charge in [-0.2, -0.15) is 9.97 Å². The van der Waals surface area contributed by atoms with E-state index in [0.29, 0.717) is 17.6 Å². The lowest BCUT2D eigenvalue weighted by Crippen LogP contribution is -2.06. The van der Waals surface area contributed by atoms with E-state index < -0.39 is 0 Å². The van der Waals surface area contributed by atoms with E-state index >= 15 is 0 Å². The second kappa shape index (κ2) is 11.4. The Labute approximate surface area is 287 Å². The van der Waals surface area contributed by atoms with Crippen LogP contribution in [-0.4, -0.2) is 29.1 Å². The molecule has 0 atom stereocenters. The average molecular weight is 641 g/mol. The summed E-state index contributed by atoms with van der Waals surface area (Å²) < 4.78 is 4.41. The van der Waals surface area contributed by atoms with Gasteiger partial charge < -0.3 is 0 Å². The van der Waals surface area contributed by atoms with Crippen molar-refractivity contribution >= 4 is 43.7 Å². The molecule has 0 radical (unpaired) electrons. The van der Waals surface area contributed by atoms with Gasteiger partial charge in [0.05, 0.1) is 16.6 Å². The van der Waals surface area contributed by atoms with E-state index in [1.165, 1.54) is 5.39 Å². The van der Waals surface area contributed by atoms with Gasteiger partial charge in [0.1, 0.15) is 5.65 Å². The summed E-state index contributed by atoms with van der Waals surface area (Å²) in [5.74, 6) is 1.82. The number of para-hydroxylation sites is 3. The van der Waals surface area contributed by atoms with Crippen LogP contribution in [0.2, 0.25) is 0 Å². The SMILES string of the molecule is c1ccc(-c2nc(-c3ccccc3)nc(-n3c4ccccc4c4c(-c5cnc6c(c5)c5ccccc5n6-c5ccccc5)cccc43)n2)cc1. The summed E-state index contributed by atoms with van der Waals surface area (Å²) in [6.07, 6.45) is 2.01. The maximum absolute atomic E-state index is 5.14. The van der Waals surface area contributed by atoms with Crippen LogP contribution in [-0.2, 0) is 0 Å². The zero-order chi connectivity index (χ0) is 33.0. The van der Waals surface area contributed by atoms with E-state index in [1.54, 1.807) is 0 Å². The van der Waals surface area contributed by atoms with Crippen LogP contribution < -0.4 is 0 Å². The highest BCUT2D eigenvalue weighted by molar-refractivity contribution is 6.16. The summed E-state index contributed by atoms with van der Waals surface area (Å²) in [5.41, 5.74) is 9.21. The van der Waals surface area contributed by atoms with Crippen molar-refractivity contribution in [3.8, 4) is 45.5 Å². The Morgan fingerprint density at radius 1 is 0.400 bits per heavy atom. The highest BCUT2D eigenvalue weighted by atomic mass is 15.2. The Hall–Kier alpha value is -6.92. The highest BCUT2D eigenvalue weighted by Crippen LogP contribution is 2.40. The first-order chi connectivity index (χ1) is 24.8. The fourth-order valence-electron chi connectivity index (χ4n) is 7.20. The molecule has 0 saturated carbocycles. The Balaban J connectivity index is 1.23. The van der Waals surface area contributed by atoms with Crippen LogP contribution in [0.1, 0.15) is 0 Å². The molecule has 0 unspecified atom stereocenters. The third-order valence-corrected chi connectivity index (χ3v) is 9.42. The topological polar surface area (TPSA) is 61.4 Å². The largest absolute Gasteiger partial charge is 0.294 e. The Morgan fingerprint density at radius 3 is 1.64 bits per heavy atom. The number of nitrogens with zero attached hydrogens (tertiary/aromatic N) is 6. The number of pyridine rings is 1. The molecule has 234 valence electrons. The van der Waals surface area contributed by atoms with E-state index in [-0.39, 0.29) is 0 Å². The summed E-state index contributed by atoms with van der Waals surface area (Å²) in [5, 5.41) is 4.52. The lowest BCUT2D eigenvalue weighted by molar-refractivity contribution is 0.953. The van der Waals surface area contributed by atoms with Gasteiger partial charge in [0, 0.05) is 50.1 Å². The molecule has 0 amide bonds. The van der Waals surface area contributed by atoms with Gasteiger partial charge in [0.25, 0.3) is 0 Å². The van der Waals surface area contributed by atoms with Crippen molar-refractivity contribution in [2.75, 3.05) is 0 Å². The Morgan fingerprint density at radius 2 is 0.960 bits per heavy atom. The molecule has 4 aromatic heterocycles. The molecule has 0 aliphatic rings. The maximum atomic E-state index is 5.14. The van der Waals surface area contributed by atoms with Crippen LogP contribution in [0.15, 0.2) is 170 Å². The maximum Gasteiger partial charge on any atom is 0.238 e. The molecule has 0 aliphatic heterocycles. The minimum absolute atomic E-state index is 0.570. The van der Waals surface area contributed by atoms with Crippen molar-refractivity contribution in [2.24, 2.45) is 0 Å². The van der Waals surface area contributed by atoms with Crippen LogP contribution >= 0.6 is 0 Å². The van der Waals surface area contributed by atoms with Gasteiger partial charge in [0.2, 0.25) is 5.95 Å². The molecule has 50 heavy (non-hydrogen) atoms. The highest BCUT2D eigenvalue weighted by Gasteiger charge is 2.21. The number of hydrogen-bond acceptors (Lipinski definition) is 4. The van der Waals surface area contributed by atoms with Gasteiger partial charge in [-0.25, -0.2) is 9.97 Å². The zero-order valence-corrected chi connectivity index (χ0v) is 26.8. The Bertz CT molecular complexity index is 2800. The molecule has 0 saturated heterocycles. The number of rotatable bonds is 5. The van der Waals surface area contributed by atoms with Crippen molar-refractivity contribution in [3.63, 3.8) is 0 Å². The second-order valence-corrected chi connectivity index (χ2v) is 12.4. The van der Waals surface area contributed by atoms with Crippen LogP contribution in [0.25, 0.3) is 89.3 Å². The minimum Gasteiger partial charge on any atom is -0.294 e. The van der Waals surface area contributed by atoms with Crippen molar-refractivity contribution in [1.29, 1.82) is 0 Å². The normalized spacial score (nSPS) is 11.6. The molecule has 0 bridgehead atoms. The fourth-order valence-corrected chi connectivity index (χ4v) is 7.20. The molecule has 6 nitrogen and oxygen atoms in total. The molecule has 10 rings (SSSR count). The van der Waals surface area contributed by atoms with Gasteiger partial charge in [-0.15, -0.1) is 0 Å². The van der Waals surface area contributed by atoms with E-state index in [9.17, 15) is 0 Å². The number of benzene rings is 6. The van der Waals surface area contributed by atoms with E-state index in [1.807, 2.05) is 72.9 Å². The standard InChI is InChI=1S/C44H28N6/c1-4-15-29(16-5-1)41-46-42(30-17-6-2-7-18-30)48-44(47-41)50-38-25-13-11-22-35(38)40-33(23-14-26-39(40)50)31-27-36-34-21-10-12-24-37(34)49(43(36)45-28-31)32-19-8-3-9-20-32/h1-28H. The Kier molecular flexibility index (Phi) is 6.39. The summed E-state index contributed by atoms with van der Waals surface area (Å²) in [6, 6.07) is 56.4. The van der Waals surface area contributed by atoms with Crippen LogP contribution in [0.5, 0.6) is 0 Å². The predicted octanol–water partition coefficient (Wildman–Crippen LogP) is 10.5. The number of hydrogen-bond donors (Lipinski definition) is 0. The van der Waals surface area contributed by atoms with Gasteiger partial charge in [-0.3, -0.25) is 9.13 Å². The van der Waals surface area contributed by atoms with Crippen molar-refractivity contribution in [3.05, 3.63) is 170 Å². The summed E-state index contributed by atoms with van der Waals surface area (Å²) in [7, 11) is 0. The molecular formula is C44H28N6. The minimum atomic E-state index is 0.570. The second-order valence-electron chi connectivity index (χ2n) is 12.4. The van der Waals surface area contributed by atoms with Crippen molar-refractivity contribution < 1.29 is 0 Å². The quantitative estimate of drug-likeness (QED) is 0.188. The first kappa shape index (κ1) is 28.1. The predicted molar refractivity (Wildman–Crippen MR) is 203 cm³/mol. The van der Waals surface area contributed by atoms with E-state index in [0.717, 1.165) is 66.3 Å². The first-order valence-electron chi connectivity index (χ1n) is 16.7. The summed E-state index contributed by atoms with van der Waals surface area (Å²) >= 11 is 0. The van der Waals surface area contributed by atoms with Gasteiger partial charge >= 0.3 is 0 Å². The summed E-state index contributed by atoms with van der Waals surface area (Å²) in [6.45, 7) is 0. The molecular weight excluding hydrogens is 613 g/mol. The lowest BCUT2D eigenvalue weighted by atomic mass is 10.00. The van der Waals surface area contributed by atoms with Crippen LogP contribution in [0.3, 0.4) is 0 Å². The molecule has 0 spiro atoms. The molecule has 0 fully saturated rings. The average Bonchev–Trinajstić information content (AvgIpc) is 3.71. The molecule has 6 aromatic carbocycles. The molecule has 0 N–H and O–H groups in total. The van der Waals surface area contributed by atoms with Crippen molar-refractivity contribution in [2.45, 2.75) is 0 Å². The third-order valence-electron chi connectivity index (χ3n) is 9.42. The molecule has 0 aliphatic carbocycles. The number of fused-ring (bicyclic) bond motifs is 6. The van der Waals surface area contributed by atoms with Crippen LogP contribution in [0, 0.1) is 0 Å². The van der Waals surface area contributed by atoms with Crippen molar-refractivity contribution in [1.82, 2.24) is 29.1 Å². The zero-order valence-electron chi connectivity index (χ0n) is 26.8. The first-order valence-corrected chi connectivity index (χ1v) is 16.7. The van der Waals surface area contributed by atoms with E-state index in [4.69, 9.17) is 19.9 Å². The fraction of sp³-hybridized carbons (Fsp3) is 0. The molecule has 10 aromatic rings. The smallest absolute Gasteiger partial charge is 0.238 e. The molecule has 6 heteroatoms. The number of aromatic nitrogens is 6. The van der Waals surface area contributed by atoms with E-state index in [2.05, 4.69) is 106 Å². The van der Waals surface area contributed by atoms with Gasteiger partial charge in [-0.1, -0.05) is 127 Å². The monoisotopic (exact) mass is 640 g/mol. The van der Waals surface area contributed by atoms with Gasteiger partial charge in [-0.05, 0) is 42.0 Å². The lowest BCUT2D eigenvalue weighted by Gasteiger charge is -2.11. The summed E-state index contributed by atoms with van der Waals surface area (Å²) in [4.78, 5) is 20.3. The van der Waals surface area contributed by atoms with Gasteiger partial charge in [0.15, 0.2) is 11.6 Å². The third kappa shape index (κ3) is 4.43.